The van der Waals surface area contributed by atoms with Crippen molar-refractivity contribution in [2.24, 2.45) is 0 Å². The molecule has 9 heteroatoms. The zero-order valence-corrected chi connectivity index (χ0v) is 21.0. The van der Waals surface area contributed by atoms with E-state index >= 15 is 0 Å². The molecular weight excluding hydrogens is 430 g/mol. The van der Waals surface area contributed by atoms with Gasteiger partial charge in [-0.25, -0.2) is 4.79 Å². The number of nitrogens with one attached hydrogen (secondary N) is 2. The molecule has 0 aliphatic rings. The summed E-state index contributed by atoms with van der Waals surface area (Å²) in [7, 11) is 0. The molecule has 0 saturated carbocycles. The third kappa shape index (κ3) is 8.26. The van der Waals surface area contributed by atoms with Crippen LogP contribution in [-0.2, 0) is 14.3 Å². The summed E-state index contributed by atoms with van der Waals surface area (Å²) in [5.74, 6) is -0.653. The van der Waals surface area contributed by atoms with Gasteiger partial charge in [-0.2, -0.15) is 12.6 Å². The van der Waals surface area contributed by atoms with Crippen LogP contribution in [0.3, 0.4) is 0 Å². The number of carbonyl (C=O) groups is 3. The van der Waals surface area contributed by atoms with E-state index in [0.717, 1.165) is 0 Å². The van der Waals surface area contributed by atoms with E-state index in [9.17, 15) is 19.5 Å². The van der Waals surface area contributed by atoms with Gasteiger partial charge < -0.3 is 25.4 Å². The molecule has 3 N–H and O–H groups in total. The van der Waals surface area contributed by atoms with Gasteiger partial charge in [-0.15, -0.1) is 0 Å². The SMILES string of the molecule is CCCN(C(=O)C(CS)NC(=O)OC(C)(C)C)C(C(=O)NC(C)C)c1ccc(O)c(C)c1. The Morgan fingerprint density at radius 2 is 1.81 bits per heavy atom. The number of amides is 3. The number of alkyl carbamates (subject to hydrolysis) is 1. The second-order valence-electron chi connectivity index (χ2n) is 9.02. The van der Waals surface area contributed by atoms with Crippen LogP contribution in [-0.4, -0.2) is 57.9 Å². The van der Waals surface area contributed by atoms with E-state index in [1.807, 2.05) is 20.8 Å². The summed E-state index contributed by atoms with van der Waals surface area (Å²) < 4.78 is 5.27. The lowest BCUT2D eigenvalue weighted by molar-refractivity contribution is -0.142. The molecule has 0 aliphatic carbocycles. The summed E-state index contributed by atoms with van der Waals surface area (Å²) in [5.41, 5.74) is 0.433. The minimum Gasteiger partial charge on any atom is -0.508 e. The lowest BCUT2D eigenvalue weighted by atomic mass is 10.00. The quantitative estimate of drug-likeness (QED) is 0.417. The van der Waals surface area contributed by atoms with Crippen molar-refractivity contribution < 1.29 is 24.2 Å². The minimum absolute atomic E-state index is 0.0332. The minimum atomic E-state index is -0.979. The van der Waals surface area contributed by atoms with Gasteiger partial charge in [0.25, 0.3) is 0 Å². The van der Waals surface area contributed by atoms with Gasteiger partial charge in [-0.1, -0.05) is 13.0 Å². The fourth-order valence-corrected chi connectivity index (χ4v) is 3.38. The number of hydrogen-bond donors (Lipinski definition) is 4. The zero-order valence-electron chi connectivity index (χ0n) is 20.1. The van der Waals surface area contributed by atoms with Crippen LogP contribution in [0.1, 0.15) is 65.1 Å². The highest BCUT2D eigenvalue weighted by Gasteiger charge is 2.35. The molecule has 0 fully saturated rings. The molecule has 0 aliphatic heterocycles. The smallest absolute Gasteiger partial charge is 0.408 e. The predicted octanol–water partition coefficient (Wildman–Crippen LogP) is 3.33. The number of hydrogen-bond acceptors (Lipinski definition) is 6. The Bertz CT molecular complexity index is 807. The van der Waals surface area contributed by atoms with Gasteiger partial charge in [-0.05, 0) is 71.2 Å². The standard InChI is InChI=1S/C23H37N3O5S/c1-8-11-26(21(29)17(13-32)25-22(30)31-23(5,6)7)19(20(28)24-14(2)3)16-9-10-18(27)15(4)12-16/h9-10,12,14,17,19,27,32H,8,11,13H2,1-7H3,(H,24,28)(H,25,30). The van der Waals surface area contributed by atoms with Crippen LogP contribution in [0.4, 0.5) is 4.79 Å². The van der Waals surface area contributed by atoms with Gasteiger partial charge in [0.2, 0.25) is 11.8 Å². The van der Waals surface area contributed by atoms with Crippen LogP contribution in [0.25, 0.3) is 0 Å². The number of thiol groups is 1. The van der Waals surface area contributed by atoms with Crippen LogP contribution in [0.5, 0.6) is 5.75 Å². The number of ether oxygens (including phenoxy) is 1. The van der Waals surface area contributed by atoms with E-state index in [-0.39, 0.29) is 30.0 Å². The van der Waals surface area contributed by atoms with Crippen molar-refractivity contribution in [2.45, 2.75) is 78.6 Å². The Hall–Kier alpha value is -2.42. The lowest BCUT2D eigenvalue weighted by Crippen LogP contribution is -2.54. The Labute approximate surface area is 196 Å². The second-order valence-corrected chi connectivity index (χ2v) is 9.39. The fraction of sp³-hybridized carbons (Fsp3) is 0.609. The summed E-state index contributed by atoms with van der Waals surface area (Å²) in [6, 6.07) is 2.76. The summed E-state index contributed by atoms with van der Waals surface area (Å²) >= 11 is 4.25. The number of phenols is 1. The monoisotopic (exact) mass is 467 g/mol. The summed E-state index contributed by atoms with van der Waals surface area (Å²) in [5, 5.41) is 15.4. The first kappa shape index (κ1) is 27.6. The van der Waals surface area contributed by atoms with E-state index in [4.69, 9.17) is 4.74 Å². The van der Waals surface area contributed by atoms with Gasteiger partial charge in [0, 0.05) is 18.3 Å². The highest BCUT2D eigenvalue weighted by atomic mass is 32.1. The van der Waals surface area contributed by atoms with Crippen LogP contribution in [0, 0.1) is 6.92 Å². The number of benzene rings is 1. The third-order valence-corrected chi connectivity index (χ3v) is 4.81. The molecule has 180 valence electrons. The first-order valence-corrected chi connectivity index (χ1v) is 11.4. The van der Waals surface area contributed by atoms with Crippen LogP contribution < -0.4 is 10.6 Å². The Balaban J connectivity index is 3.35. The van der Waals surface area contributed by atoms with Gasteiger partial charge in [0.05, 0.1) is 0 Å². The number of carbonyl (C=O) groups excluding carboxylic acids is 3. The molecule has 0 aromatic heterocycles. The first-order valence-electron chi connectivity index (χ1n) is 10.8. The van der Waals surface area contributed by atoms with Crippen molar-refractivity contribution in [1.82, 2.24) is 15.5 Å². The number of aryl methyl sites for hydroxylation is 1. The number of phenolic OH excluding ortho intramolecular Hbond substituents is 1. The Morgan fingerprint density at radius 3 is 2.28 bits per heavy atom. The molecule has 0 heterocycles. The molecular formula is C23H37N3O5S. The van der Waals surface area contributed by atoms with Crippen molar-refractivity contribution in [1.29, 1.82) is 0 Å². The van der Waals surface area contributed by atoms with Crippen LogP contribution >= 0.6 is 12.6 Å². The third-order valence-electron chi connectivity index (χ3n) is 4.45. The van der Waals surface area contributed by atoms with E-state index in [1.54, 1.807) is 39.8 Å². The Kier molecular flexibility index (Phi) is 10.3. The molecule has 1 rings (SSSR count). The van der Waals surface area contributed by atoms with E-state index < -0.39 is 29.7 Å². The molecule has 2 atom stereocenters. The maximum Gasteiger partial charge on any atom is 0.408 e. The van der Waals surface area contributed by atoms with Crippen LogP contribution in [0.2, 0.25) is 0 Å². The Morgan fingerprint density at radius 1 is 1.19 bits per heavy atom. The zero-order chi connectivity index (χ0) is 24.6. The van der Waals surface area contributed by atoms with Gasteiger partial charge in [0.15, 0.2) is 0 Å². The molecule has 0 radical (unpaired) electrons. The molecule has 0 spiro atoms. The summed E-state index contributed by atoms with van der Waals surface area (Å²) in [4.78, 5) is 40.4. The second kappa shape index (κ2) is 12.0. The van der Waals surface area contributed by atoms with Gasteiger partial charge in [0.1, 0.15) is 23.4 Å². The van der Waals surface area contributed by atoms with E-state index in [1.165, 1.54) is 11.0 Å². The largest absolute Gasteiger partial charge is 0.508 e. The number of rotatable bonds is 9. The van der Waals surface area contributed by atoms with E-state index in [0.29, 0.717) is 17.5 Å². The molecule has 2 unspecified atom stereocenters. The lowest BCUT2D eigenvalue weighted by Gasteiger charge is -2.34. The number of aromatic hydroxyl groups is 1. The average molecular weight is 468 g/mol. The molecule has 32 heavy (non-hydrogen) atoms. The summed E-state index contributed by atoms with van der Waals surface area (Å²) in [6.45, 7) is 12.8. The normalized spacial score (nSPS) is 13.3. The van der Waals surface area contributed by atoms with Crippen LogP contribution in [0.15, 0.2) is 18.2 Å². The van der Waals surface area contributed by atoms with Crippen molar-refractivity contribution in [2.75, 3.05) is 12.3 Å². The average Bonchev–Trinajstić information content (AvgIpc) is 2.66. The maximum atomic E-state index is 13.5. The van der Waals surface area contributed by atoms with Crippen molar-refractivity contribution in [3.8, 4) is 5.75 Å². The molecule has 8 nitrogen and oxygen atoms in total. The van der Waals surface area contributed by atoms with Crippen molar-refractivity contribution in [3.05, 3.63) is 29.3 Å². The predicted molar refractivity (Wildman–Crippen MR) is 128 cm³/mol. The fourth-order valence-electron chi connectivity index (χ4n) is 3.13. The topological polar surface area (TPSA) is 108 Å². The first-order chi connectivity index (χ1) is 14.8. The van der Waals surface area contributed by atoms with Crippen molar-refractivity contribution >= 4 is 30.5 Å². The summed E-state index contributed by atoms with van der Waals surface area (Å²) in [6.07, 6.45) is -0.134. The highest BCUT2D eigenvalue weighted by molar-refractivity contribution is 7.80. The highest BCUT2D eigenvalue weighted by Crippen LogP contribution is 2.27. The van der Waals surface area contributed by atoms with Gasteiger partial charge in [-0.3, -0.25) is 9.59 Å². The molecule has 1 aromatic carbocycles. The number of nitrogens with zero attached hydrogens (tertiary/aromatic N) is 1. The molecule has 0 saturated heterocycles. The maximum absolute atomic E-state index is 13.5. The van der Waals surface area contributed by atoms with Crippen molar-refractivity contribution in [3.63, 3.8) is 0 Å². The van der Waals surface area contributed by atoms with E-state index in [2.05, 4.69) is 23.3 Å². The molecule has 1 aromatic rings. The molecule has 0 bridgehead atoms. The van der Waals surface area contributed by atoms with Gasteiger partial charge >= 0.3 is 6.09 Å². The molecule has 3 amide bonds.